The third-order valence-corrected chi connectivity index (χ3v) is 3.87. The molecule has 2 bridgehead atoms. The van der Waals surface area contributed by atoms with Gasteiger partial charge in [0.2, 0.25) is 0 Å². The maximum Gasteiger partial charge on any atom is 0.410 e. The van der Waals surface area contributed by atoms with E-state index in [1.54, 1.807) is 4.90 Å². The van der Waals surface area contributed by atoms with E-state index in [1.165, 1.54) is 0 Å². The van der Waals surface area contributed by atoms with E-state index in [4.69, 9.17) is 4.74 Å². The first kappa shape index (κ1) is 13.6. The minimum Gasteiger partial charge on any atom is -0.444 e. The van der Waals surface area contributed by atoms with Crippen molar-refractivity contribution in [3.63, 3.8) is 0 Å². The largest absolute Gasteiger partial charge is 0.444 e. The third kappa shape index (κ3) is 2.62. The second kappa shape index (κ2) is 4.70. The van der Waals surface area contributed by atoms with Crippen LogP contribution in [0.25, 0.3) is 0 Å². The molecular formula is C13H24N2O3. The van der Waals surface area contributed by atoms with Gasteiger partial charge in [-0.1, -0.05) is 0 Å². The molecule has 3 aliphatic heterocycles. The van der Waals surface area contributed by atoms with Gasteiger partial charge in [-0.25, -0.2) is 4.79 Å². The number of hydrogen-bond donors (Lipinski definition) is 2. The molecule has 5 heteroatoms. The van der Waals surface area contributed by atoms with Crippen LogP contribution in [0.1, 0.15) is 40.0 Å². The summed E-state index contributed by atoms with van der Waals surface area (Å²) in [5.41, 5.74) is -0.922. The predicted molar refractivity (Wildman–Crippen MR) is 68.4 cm³/mol. The van der Waals surface area contributed by atoms with Crippen LogP contribution in [0.4, 0.5) is 4.79 Å². The summed E-state index contributed by atoms with van der Waals surface area (Å²) in [6, 6.07) is 0.333. The Hall–Kier alpha value is -0.810. The first-order valence-corrected chi connectivity index (χ1v) is 6.71. The lowest BCUT2D eigenvalue weighted by molar-refractivity contribution is -0.0333. The molecule has 1 amide bonds. The molecule has 3 fully saturated rings. The van der Waals surface area contributed by atoms with Crippen LogP contribution in [-0.4, -0.2) is 53.0 Å². The molecule has 0 spiro atoms. The van der Waals surface area contributed by atoms with E-state index < -0.39 is 11.1 Å². The molecular weight excluding hydrogens is 232 g/mol. The lowest BCUT2D eigenvalue weighted by Crippen LogP contribution is -2.59. The van der Waals surface area contributed by atoms with Crippen molar-refractivity contribution in [3.05, 3.63) is 0 Å². The topological polar surface area (TPSA) is 61.8 Å². The smallest absolute Gasteiger partial charge is 0.410 e. The van der Waals surface area contributed by atoms with Crippen molar-refractivity contribution < 1.29 is 14.6 Å². The molecule has 3 aliphatic rings. The first-order valence-electron chi connectivity index (χ1n) is 6.71. The van der Waals surface area contributed by atoms with Gasteiger partial charge in [-0.15, -0.1) is 0 Å². The zero-order valence-electron chi connectivity index (χ0n) is 11.5. The fraction of sp³-hybridized carbons (Fsp3) is 0.923. The summed E-state index contributed by atoms with van der Waals surface area (Å²) in [5.74, 6) is 0. The summed E-state index contributed by atoms with van der Waals surface area (Å²) >= 11 is 0. The number of ether oxygens (including phenoxy) is 1. The fourth-order valence-electron chi connectivity index (χ4n) is 2.85. The molecule has 18 heavy (non-hydrogen) atoms. The molecule has 2 N–H and O–H groups in total. The van der Waals surface area contributed by atoms with E-state index in [1.807, 2.05) is 20.8 Å². The number of aliphatic hydroxyl groups is 1. The molecule has 0 radical (unpaired) electrons. The van der Waals surface area contributed by atoms with Gasteiger partial charge >= 0.3 is 6.09 Å². The summed E-state index contributed by atoms with van der Waals surface area (Å²) in [4.78, 5) is 14.0. The highest BCUT2D eigenvalue weighted by Gasteiger charge is 2.47. The van der Waals surface area contributed by atoms with Crippen molar-refractivity contribution in [1.29, 1.82) is 0 Å². The minimum atomic E-state index is -0.493. The summed E-state index contributed by atoms with van der Waals surface area (Å²) in [7, 11) is 0. The van der Waals surface area contributed by atoms with Gasteiger partial charge in [0.15, 0.2) is 0 Å². The Labute approximate surface area is 108 Å². The van der Waals surface area contributed by atoms with Crippen LogP contribution in [0, 0.1) is 0 Å². The number of amides is 1. The maximum absolute atomic E-state index is 12.3. The summed E-state index contributed by atoms with van der Waals surface area (Å²) in [6.45, 7) is 7.10. The van der Waals surface area contributed by atoms with Crippen LogP contribution in [0.15, 0.2) is 0 Å². The van der Waals surface area contributed by atoms with E-state index in [2.05, 4.69) is 5.32 Å². The predicted octanol–water partition coefficient (Wildman–Crippen LogP) is 1.11. The molecule has 0 aromatic rings. The fourth-order valence-corrected chi connectivity index (χ4v) is 2.85. The van der Waals surface area contributed by atoms with Gasteiger partial charge < -0.3 is 15.2 Å². The molecule has 0 aromatic heterocycles. The van der Waals surface area contributed by atoms with Crippen LogP contribution < -0.4 is 5.32 Å². The molecule has 3 saturated heterocycles. The van der Waals surface area contributed by atoms with Gasteiger partial charge in [-0.3, -0.25) is 4.90 Å². The normalized spacial score (nSPS) is 32.2. The SMILES string of the molecule is CC(C)(C)OC(=O)N1CC2CCC1(CO)CCN2. The number of nitrogens with one attached hydrogen (secondary N) is 1. The molecule has 0 aromatic carbocycles. The van der Waals surface area contributed by atoms with E-state index in [0.29, 0.717) is 12.6 Å². The minimum absolute atomic E-state index is 0.0145. The summed E-state index contributed by atoms with van der Waals surface area (Å²) in [5, 5.41) is 13.2. The van der Waals surface area contributed by atoms with E-state index in [-0.39, 0.29) is 12.7 Å². The molecule has 3 heterocycles. The van der Waals surface area contributed by atoms with Crippen LogP contribution in [0.3, 0.4) is 0 Å². The zero-order chi connectivity index (χ0) is 13.4. The Morgan fingerprint density at radius 1 is 1.50 bits per heavy atom. The van der Waals surface area contributed by atoms with Gasteiger partial charge in [0, 0.05) is 12.6 Å². The van der Waals surface area contributed by atoms with Crippen LogP contribution >= 0.6 is 0 Å². The van der Waals surface area contributed by atoms with Crippen molar-refractivity contribution >= 4 is 6.09 Å². The Kier molecular flexibility index (Phi) is 3.56. The number of aliphatic hydroxyl groups excluding tert-OH is 1. The lowest BCUT2D eigenvalue weighted by atomic mass is 9.85. The Morgan fingerprint density at radius 2 is 2.22 bits per heavy atom. The highest BCUT2D eigenvalue weighted by Crippen LogP contribution is 2.34. The zero-order valence-corrected chi connectivity index (χ0v) is 11.5. The Morgan fingerprint density at radius 3 is 2.83 bits per heavy atom. The third-order valence-electron chi connectivity index (χ3n) is 3.87. The summed E-state index contributed by atoms with van der Waals surface area (Å²) in [6.07, 6.45) is 2.35. The highest BCUT2D eigenvalue weighted by molar-refractivity contribution is 5.69. The quantitative estimate of drug-likeness (QED) is 0.738. The number of fused-ring (bicyclic) bond motifs is 4. The van der Waals surface area contributed by atoms with Crippen molar-refractivity contribution in [1.82, 2.24) is 10.2 Å². The van der Waals surface area contributed by atoms with Crippen LogP contribution in [-0.2, 0) is 4.74 Å². The second-order valence-corrected chi connectivity index (χ2v) is 6.41. The van der Waals surface area contributed by atoms with E-state index in [9.17, 15) is 9.90 Å². The van der Waals surface area contributed by atoms with E-state index >= 15 is 0 Å². The molecule has 3 rings (SSSR count). The number of carbonyl (C=O) groups excluding carboxylic acids is 1. The standard InChI is InChI=1S/C13H24N2O3/c1-12(2,3)18-11(17)15-8-10-4-5-13(15,9-16)6-7-14-10/h10,14,16H,4-9H2,1-3H3. The average molecular weight is 256 g/mol. The number of piperidine rings is 1. The van der Waals surface area contributed by atoms with Crippen molar-refractivity contribution in [2.45, 2.75) is 57.2 Å². The molecule has 2 unspecified atom stereocenters. The first-order chi connectivity index (χ1) is 8.36. The van der Waals surface area contributed by atoms with Crippen LogP contribution in [0.2, 0.25) is 0 Å². The second-order valence-electron chi connectivity index (χ2n) is 6.41. The number of hydrogen-bond acceptors (Lipinski definition) is 4. The number of carbonyl (C=O) groups is 1. The average Bonchev–Trinajstić information content (AvgIpc) is 2.58. The Balaban J connectivity index is 2.17. The van der Waals surface area contributed by atoms with Gasteiger partial charge in [-0.05, 0) is 46.6 Å². The van der Waals surface area contributed by atoms with Crippen LogP contribution in [0.5, 0.6) is 0 Å². The van der Waals surface area contributed by atoms with Gasteiger partial charge in [0.05, 0.1) is 12.1 Å². The number of rotatable bonds is 1. The molecule has 0 saturated carbocycles. The van der Waals surface area contributed by atoms with Crippen molar-refractivity contribution in [2.75, 3.05) is 19.7 Å². The van der Waals surface area contributed by atoms with E-state index in [0.717, 1.165) is 25.8 Å². The monoisotopic (exact) mass is 256 g/mol. The number of nitrogens with zero attached hydrogens (tertiary/aromatic N) is 1. The highest BCUT2D eigenvalue weighted by atomic mass is 16.6. The lowest BCUT2D eigenvalue weighted by Gasteiger charge is -2.45. The maximum atomic E-state index is 12.3. The molecule has 0 aliphatic carbocycles. The molecule has 5 nitrogen and oxygen atoms in total. The Bertz CT molecular complexity index is 323. The van der Waals surface area contributed by atoms with Crippen molar-refractivity contribution in [3.8, 4) is 0 Å². The molecule has 104 valence electrons. The van der Waals surface area contributed by atoms with Gasteiger partial charge in [0.1, 0.15) is 5.60 Å². The molecule has 2 atom stereocenters. The van der Waals surface area contributed by atoms with Crippen molar-refractivity contribution in [2.24, 2.45) is 0 Å². The van der Waals surface area contributed by atoms with Gasteiger partial charge in [-0.2, -0.15) is 0 Å². The summed E-state index contributed by atoms with van der Waals surface area (Å²) < 4.78 is 5.46. The van der Waals surface area contributed by atoms with Gasteiger partial charge in [0.25, 0.3) is 0 Å².